The van der Waals surface area contributed by atoms with Crippen LogP contribution in [0.1, 0.15) is 12.8 Å². The molecule has 3 heterocycles. The van der Waals surface area contributed by atoms with Gasteiger partial charge in [0.1, 0.15) is 6.33 Å². The largest absolute Gasteiger partial charge is 0.396 e. The predicted molar refractivity (Wildman–Crippen MR) is 62.8 cm³/mol. The lowest BCUT2D eigenvalue weighted by Crippen LogP contribution is -2.21. The van der Waals surface area contributed by atoms with Gasteiger partial charge in [-0.25, -0.2) is 4.98 Å². The monoisotopic (exact) mass is 233 g/mol. The average Bonchev–Trinajstić information content (AvgIpc) is 2.96. The van der Waals surface area contributed by atoms with E-state index < -0.39 is 0 Å². The summed E-state index contributed by atoms with van der Waals surface area (Å²) >= 11 is 0. The maximum atomic E-state index is 8.96. The van der Waals surface area contributed by atoms with Crippen molar-refractivity contribution in [3.8, 4) is 0 Å². The highest BCUT2D eigenvalue weighted by atomic mass is 16.3. The molecule has 1 unspecified atom stereocenters. The zero-order valence-electron chi connectivity index (χ0n) is 9.53. The molecule has 1 saturated heterocycles. The van der Waals surface area contributed by atoms with E-state index in [0.29, 0.717) is 5.92 Å². The first-order chi connectivity index (χ1) is 8.38. The van der Waals surface area contributed by atoms with Crippen LogP contribution in [0.5, 0.6) is 0 Å². The number of aliphatic hydroxyl groups excluding tert-OH is 1. The van der Waals surface area contributed by atoms with Crippen LogP contribution in [0, 0.1) is 5.92 Å². The van der Waals surface area contributed by atoms with Crippen LogP contribution in [0.25, 0.3) is 5.65 Å². The Morgan fingerprint density at radius 1 is 1.47 bits per heavy atom. The van der Waals surface area contributed by atoms with Gasteiger partial charge in [0.2, 0.25) is 5.65 Å². The zero-order chi connectivity index (χ0) is 11.7. The summed E-state index contributed by atoms with van der Waals surface area (Å²) < 4.78 is 1.88. The van der Waals surface area contributed by atoms with Gasteiger partial charge in [-0.2, -0.15) is 0 Å². The van der Waals surface area contributed by atoms with Gasteiger partial charge < -0.3 is 10.0 Å². The molecule has 1 atom stereocenters. The smallest absolute Gasteiger partial charge is 0.203 e. The summed E-state index contributed by atoms with van der Waals surface area (Å²) in [6, 6.07) is 0. The molecule has 0 spiro atoms. The molecule has 1 fully saturated rings. The Hall–Kier alpha value is -1.69. The molecule has 0 radical (unpaired) electrons. The molecule has 1 aliphatic heterocycles. The Morgan fingerprint density at radius 3 is 3.29 bits per heavy atom. The second-order valence-corrected chi connectivity index (χ2v) is 4.43. The number of anilines is 1. The number of nitrogens with zero attached hydrogens (tertiary/aromatic N) is 5. The Labute approximate surface area is 98.9 Å². The van der Waals surface area contributed by atoms with Crippen LogP contribution in [0.4, 0.5) is 5.82 Å². The maximum absolute atomic E-state index is 8.96. The molecular weight excluding hydrogens is 218 g/mol. The Morgan fingerprint density at radius 2 is 2.41 bits per heavy atom. The van der Waals surface area contributed by atoms with Crippen molar-refractivity contribution in [3.63, 3.8) is 0 Å². The lowest BCUT2D eigenvalue weighted by Gasteiger charge is -2.17. The molecule has 0 bridgehead atoms. The Bertz CT molecular complexity index is 511. The van der Waals surface area contributed by atoms with Crippen LogP contribution in [-0.4, -0.2) is 44.4 Å². The van der Waals surface area contributed by atoms with Crippen molar-refractivity contribution < 1.29 is 5.11 Å². The van der Waals surface area contributed by atoms with Crippen LogP contribution in [0.15, 0.2) is 18.7 Å². The fraction of sp³-hybridized carbons (Fsp3) is 0.545. The number of rotatable bonds is 3. The highest BCUT2D eigenvalue weighted by Crippen LogP contribution is 2.25. The first kappa shape index (κ1) is 10.5. The molecule has 6 heteroatoms. The van der Waals surface area contributed by atoms with Crippen molar-refractivity contribution in [3.05, 3.63) is 18.7 Å². The molecule has 6 nitrogen and oxygen atoms in total. The third-order valence-corrected chi connectivity index (χ3v) is 3.32. The van der Waals surface area contributed by atoms with Crippen molar-refractivity contribution >= 4 is 11.5 Å². The second kappa shape index (κ2) is 4.29. The minimum absolute atomic E-state index is 0.265. The van der Waals surface area contributed by atoms with Gasteiger partial charge in [-0.3, -0.25) is 4.40 Å². The van der Waals surface area contributed by atoms with Gasteiger partial charge in [-0.1, -0.05) is 0 Å². The molecule has 2 aromatic heterocycles. The molecular formula is C11H15N5O. The summed E-state index contributed by atoms with van der Waals surface area (Å²) in [6.45, 7) is 2.19. The van der Waals surface area contributed by atoms with Gasteiger partial charge in [0.25, 0.3) is 0 Å². The summed E-state index contributed by atoms with van der Waals surface area (Å²) in [5.41, 5.74) is 0.803. The quantitative estimate of drug-likeness (QED) is 0.827. The van der Waals surface area contributed by atoms with Gasteiger partial charge in [0.15, 0.2) is 5.82 Å². The van der Waals surface area contributed by atoms with Crippen molar-refractivity contribution in [2.24, 2.45) is 5.92 Å². The number of aliphatic hydroxyl groups is 1. The SMILES string of the molecule is OCCC1CCN(c2nccn3cnnc23)C1. The van der Waals surface area contributed by atoms with Crippen LogP contribution in [0.3, 0.4) is 0 Å². The van der Waals surface area contributed by atoms with E-state index in [0.717, 1.165) is 37.4 Å². The molecule has 2 aromatic rings. The van der Waals surface area contributed by atoms with E-state index >= 15 is 0 Å². The average molecular weight is 233 g/mol. The molecule has 0 amide bonds. The minimum Gasteiger partial charge on any atom is -0.396 e. The van der Waals surface area contributed by atoms with E-state index in [2.05, 4.69) is 20.1 Å². The van der Waals surface area contributed by atoms with Crippen molar-refractivity contribution in [2.75, 3.05) is 24.6 Å². The molecule has 0 saturated carbocycles. The van der Waals surface area contributed by atoms with Gasteiger partial charge in [-0.05, 0) is 18.8 Å². The van der Waals surface area contributed by atoms with Crippen LogP contribution in [-0.2, 0) is 0 Å². The standard InChI is InChI=1S/C11H15N5O/c17-6-2-9-1-4-15(7-9)10-11-14-13-8-16(11)5-3-12-10/h3,5,8-9,17H,1-2,4,6-7H2. The lowest BCUT2D eigenvalue weighted by atomic mass is 10.1. The second-order valence-electron chi connectivity index (χ2n) is 4.43. The molecule has 1 aliphatic rings. The minimum atomic E-state index is 0.265. The van der Waals surface area contributed by atoms with Gasteiger partial charge in [0, 0.05) is 32.1 Å². The van der Waals surface area contributed by atoms with Crippen molar-refractivity contribution in [2.45, 2.75) is 12.8 Å². The van der Waals surface area contributed by atoms with Crippen LogP contribution in [0.2, 0.25) is 0 Å². The van der Waals surface area contributed by atoms with E-state index in [9.17, 15) is 0 Å². The number of hydrogen-bond donors (Lipinski definition) is 1. The highest BCUT2D eigenvalue weighted by molar-refractivity contribution is 5.63. The maximum Gasteiger partial charge on any atom is 0.203 e. The molecule has 90 valence electrons. The molecule has 1 N–H and O–H groups in total. The summed E-state index contributed by atoms with van der Waals surface area (Å²) in [6.07, 6.45) is 7.27. The lowest BCUT2D eigenvalue weighted by molar-refractivity contribution is 0.263. The van der Waals surface area contributed by atoms with Crippen molar-refractivity contribution in [1.29, 1.82) is 0 Å². The molecule has 3 rings (SSSR count). The molecule has 17 heavy (non-hydrogen) atoms. The van der Waals surface area contributed by atoms with Gasteiger partial charge in [-0.15, -0.1) is 10.2 Å². The normalized spacial score (nSPS) is 20.3. The highest BCUT2D eigenvalue weighted by Gasteiger charge is 2.24. The Kier molecular flexibility index (Phi) is 2.64. The molecule has 0 aliphatic carbocycles. The van der Waals surface area contributed by atoms with Gasteiger partial charge in [0.05, 0.1) is 0 Å². The van der Waals surface area contributed by atoms with Crippen LogP contribution < -0.4 is 4.90 Å². The fourth-order valence-corrected chi connectivity index (χ4v) is 2.41. The summed E-state index contributed by atoms with van der Waals surface area (Å²) in [4.78, 5) is 6.62. The van der Waals surface area contributed by atoms with Crippen LogP contribution >= 0.6 is 0 Å². The van der Waals surface area contributed by atoms with Crippen molar-refractivity contribution in [1.82, 2.24) is 19.6 Å². The predicted octanol–water partition coefficient (Wildman–Crippen LogP) is 0.333. The van der Waals surface area contributed by atoms with Gasteiger partial charge >= 0.3 is 0 Å². The Balaban J connectivity index is 1.87. The number of hydrogen-bond acceptors (Lipinski definition) is 5. The van der Waals surface area contributed by atoms with E-state index in [1.807, 2.05) is 10.6 Å². The summed E-state index contributed by atoms with van der Waals surface area (Å²) in [5, 5.41) is 17.0. The van der Waals surface area contributed by atoms with E-state index in [1.165, 1.54) is 0 Å². The first-order valence-electron chi connectivity index (χ1n) is 5.88. The zero-order valence-corrected chi connectivity index (χ0v) is 9.53. The summed E-state index contributed by atoms with van der Waals surface area (Å²) in [5.74, 6) is 1.45. The summed E-state index contributed by atoms with van der Waals surface area (Å²) in [7, 11) is 0. The van der Waals surface area contributed by atoms with E-state index in [1.54, 1.807) is 12.5 Å². The van der Waals surface area contributed by atoms with E-state index in [-0.39, 0.29) is 6.61 Å². The fourth-order valence-electron chi connectivity index (χ4n) is 2.41. The number of fused-ring (bicyclic) bond motifs is 1. The third-order valence-electron chi connectivity index (χ3n) is 3.32. The van der Waals surface area contributed by atoms with E-state index in [4.69, 9.17) is 5.11 Å². The first-order valence-corrected chi connectivity index (χ1v) is 5.88. The topological polar surface area (TPSA) is 66.5 Å². The number of aromatic nitrogens is 4. The molecule has 0 aromatic carbocycles. The third kappa shape index (κ3) is 1.84.